The molecule has 0 aliphatic rings. The molecule has 0 atom stereocenters. The van der Waals surface area contributed by atoms with Crippen molar-refractivity contribution in [3.8, 4) is 0 Å². The Morgan fingerprint density at radius 3 is 2.48 bits per heavy atom. The molecule has 0 spiro atoms. The van der Waals surface area contributed by atoms with E-state index in [2.05, 4.69) is 15.6 Å². The highest BCUT2D eigenvalue weighted by Gasteiger charge is 2.05. The molecule has 0 saturated carbocycles. The van der Waals surface area contributed by atoms with E-state index in [4.69, 9.17) is 0 Å². The maximum absolute atomic E-state index is 11.6. The Morgan fingerprint density at radius 1 is 1.24 bits per heavy atom. The van der Waals surface area contributed by atoms with Crippen molar-refractivity contribution >= 4 is 11.9 Å². The fourth-order valence-electron chi connectivity index (χ4n) is 1.79. The number of carbonyl (C=O) groups is 1. The van der Waals surface area contributed by atoms with Crippen LogP contribution in [0, 0.1) is 0 Å². The van der Waals surface area contributed by atoms with E-state index in [0.29, 0.717) is 19.5 Å². The first-order chi connectivity index (χ1) is 9.99. The van der Waals surface area contributed by atoms with E-state index < -0.39 is 0 Å². The number of aliphatic imine (C=N–C) groups is 1. The van der Waals surface area contributed by atoms with Gasteiger partial charge in [-0.1, -0.05) is 30.3 Å². The van der Waals surface area contributed by atoms with Crippen molar-refractivity contribution in [3.63, 3.8) is 0 Å². The second-order valence-corrected chi connectivity index (χ2v) is 5.42. The second kappa shape index (κ2) is 9.00. The molecule has 0 aliphatic carbocycles. The summed E-state index contributed by atoms with van der Waals surface area (Å²) in [6.07, 6.45) is 0.441. The van der Waals surface area contributed by atoms with Crippen LogP contribution < -0.4 is 10.6 Å². The minimum atomic E-state index is 0.0543. The van der Waals surface area contributed by atoms with Crippen LogP contribution in [0.5, 0.6) is 0 Å². The van der Waals surface area contributed by atoms with Crippen LogP contribution in [0.15, 0.2) is 35.3 Å². The predicted molar refractivity (Wildman–Crippen MR) is 87.2 cm³/mol. The molecule has 0 radical (unpaired) electrons. The van der Waals surface area contributed by atoms with Gasteiger partial charge in [-0.3, -0.25) is 4.79 Å². The summed E-state index contributed by atoms with van der Waals surface area (Å²) < 4.78 is 0. The lowest BCUT2D eigenvalue weighted by Crippen LogP contribution is -2.39. The number of hydrogen-bond acceptors (Lipinski definition) is 2. The van der Waals surface area contributed by atoms with E-state index in [9.17, 15) is 4.79 Å². The average Bonchev–Trinajstić information content (AvgIpc) is 2.42. The van der Waals surface area contributed by atoms with Crippen LogP contribution in [0.3, 0.4) is 0 Å². The predicted octanol–water partition coefficient (Wildman–Crippen LogP) is 1.61. The summed E-state index contributed by atoms with van der Waals surface area (Å²) in [4.78, 5) is 18.1. The summed E-state index contributed by atoms with van der Waals surface area (Å²) >= 11 is 0. The second-order valence-electron chi connectivity index (χ2n) is 5.42. The highest BCUT2D eigenvalue weighted by Crippen LogP contribution is 2.00. The molecule has 1 rings (SSSR count). The van der Waals surface area contributed by atoms with Gasteiger partial charge < -0.3 is 15.5 Å². The van der Waals surface area contributed by atoms with Crippen molar-refractivity contribution in [2.75, 3.05) is 20.6 Å². The summed E-state index contributed by atoms with van der Waals surface area (Å²) in [5, 5.41) is 6.08. The van der Waals surface area contributed by atoms with E-state index in [0.717, 1.165) is 11.5 Å². The van der Waals surface area contributed by atoms with E-state index in [-0.39, 0.29) is 11.9 Å². The summed E-state index contributed by atoms with van der Waals surface area (Å²) in [6.45, 7) is 5.11. The Balaban J connectivity index is 2.45. The molecule has 1 aromatic rings. The summed E-state index contributed by atoms with van der Waals surface area (Å²) in [5.41, 5.74) is 1.16. The van der Waals surface area contributed by atoms with Crippen molar-refractivity contribution in [2.45, 2.75) is 32.9 Å². The number of benzene rings is 1. The molecule has 5 nitrogen and oxygen atoms in total. The zero-order chi connectivity index (χ0) is 15.7. The molecular weight excluding hydrogens is 264 g/mol. The SMILES string of the molecule is CC(C)NC(=O)CCNC(=NCc1ccccc1)N(C)C. The van der Waals surface area contributed by atoms with Gasteiger partial charge in [0.05, 0.1) is 6.54 Å². The molecule has 0 aromatic heterocycles. The first-order valence-corrected chi connectivity index (χ1v) is 7.28. The number of carbonyl (C=O) groups excluding carboxylic acids is 1. The van der Waals surface area contributed by atoms with Gasteiger partial charge >= 0.3 is 0 Å². The van der Waals surface area contributed by atoms with Gasteiger partial charge in [-0.15, -0.1) is 0 Å². The summed E-state index contributed by atoms with van der Waals surface area (Å²) in [5.74, 6) is 0.842. The number of guanidine groups is 1. The third kappa shape index (κ3) is 7.34. The van der Waals surface area contributed by atoms with Gasteiger partial charge in [-0.2, -0.15) is 0 Å². The Morgan fingerprint density at radius 2 is 1.90 bits per heavy atom. The standard InChI is InChI=1S/C16H26N4O/c1-13(2)19-15(21)10-11-17-16(20(3)4)18-12-14-8-6-5-7-9-14/h5-9,13H,10-12H2,1-4H3,(H,17,18)(H,19,21). The topological polar surface area (TPSA) is 56.7 Å². The first-order valence-electron chi connectivity index (χ1n) is 7.28. The van der Waals surface area contributed by atoms with Gasteiger partial charge in [-0.05, 0) is 19.4 Å². The van der Waals surface area contributed by atoms with Crippen molar-refractivity contribution in [3.05, 3.63) is 35.9 Å². The molecular formula is C16H26N4O. The lowest BCUT2D eigenvalue weighted by atomic mass is 10.2. The van der Waals surface area contributed by atoms with Crippen molar-refractivity contribution < 1.29 is 4.79 Å². The van der Waals surface area contributed by atoms with E-state index >= 15 is 0 Å². The molecule has 0 heterocycles. The van der Waals surface area contributed by atoms with Crippen LogP contribution in [0.4, 0.5) is 0 Å². The molecule has 5 heteroatoms. The highest BCUT2D eigenvalue weighted by molar-refractivity contribution is 5.81. The third-order valence-electron chi connectivity index (χ3n) is 2.76. The number of rotatable bonds is 6. The Bertz CT molecular complexity index is 455. The molecule has 1 amide bonds. The Labute approximate surface area is 127 Å². The molecule has 0 bridgehead atoms. The van der Waals surface area contributed by atoms with E-state index in [1.165, 1.54) is 0 Å². The Kier molecular flexibility index (Phi) is 7.29. The largest absolute Gasteiger partial charge is 0.356 e. The fraction of sp³-hybridized carbons (Fsp3) is 0.500. The molecule has 1 aromatic carbocycles. The van der Waals surface area contributed by atoms with Crippen molar-refractivity contribution in [2.24, 2.45) is 4.99 Å². The van der Waals surface area contributed by atoms with Crippen LogP contribution in [0.25, 0.3) is 0 Å². The number of nitrogens with one attached hydrogen (secondary N) is 2. The minimum absolute atomic E-state index is 0.0543. The van der Waals surface area contributed by atoms with Crippen molar-refractivity contribution in [1.82, 2.24) is 15.5 Å². The fourth-order valence-corrected chi connectivity index (χ4v) is 1.79. The molecule has 0 fully saturated rings. The van der Waals surface area contributed by atoms with Gasteiger partial charge in [0.1, 0.15) is 0 Å². The molecule has 0 unspecified atom stereocenters. The maximum atomic E-state index is 11.6. The van der Waals surface area contributed by atoms with Crippen LogP contribution >= 0.6 is 0 Å². The third-order valence-corrected chi connectivity index (χ3v) is 2.76. The van der Waals surface area contributed by atoms with Crippen LogP contribution in [0.2, 0.25) is 0 Å². The molecule has 21 heavy (non-hydrogen) atoms. The van der Waals surface area contributed by atoms with Gasteiger partial charge in [0.15, 0.2) is 5.96 Å². The number of hydrogen-bond donors (Lipinski definition) is 2. The van der Waals surface area contributed by atoms with Crippen LogP contribution in [-0.4, -0.2) is 43.4 Å². The van der Waals surface area contributed by atoms with Gasteiger partial charge in [0, 0.05) is 33.1 Å². The smallest absolute Gasteiger partial charge is 0.221 e. The quantitative estimate of drug-likeness (QED) is 0.618. The zero-order valence-corrected chi connectivity index (χ0v) is 13.4. The van der Waals surface area contributed by atoms with Crippen LogP contribution in [0.1, 0.15) is 25.8 Å². The number of nitrogens with zero attached hydrogens (tertiary/aromatic N) is 2. The Hall–Kier alpha value is -2.04. The van der Waals surface area contributed by atoms with E-state index in [1.807, 2.05) is 63.2 Å². The lowest BCUT2D eigenvalue weighted by Gasteiger charge is -2.18. The van der Waals surface area contributed by atoms with Crippen molar-refractivity contribution in [1.29, 1.82) is 0 Å². The normalized spacial score (nSPS) is 11.4. The highest BCUT2D eigenvalue weighted by atomic mass is 16.1. The number of amides is 1. The van der Waals surface area contributed by atoms with Gasteiger partial charge in [0.25, 0.3) is 0 Å². The first kappa shape index (κ1) is 17.0. The zero-order valence-electron chi connectivity index (χ0n) is 13.4. The maximum Gasteiger partial charge on any atom is 0.221 e. The van der Waals surface area contributed by atoms with Gasteiger partial charge in [-0.25, -0.2) is 4.99 Å². The molecule has 0 aliphatic heterocycles. The summed E-state index contributed by atoms with van der Waals surface area (Å²) in [6, 6.07) is 10.3. The van der Waals surface area contributed by atoms with Crippen LogP contribution in [-0.2, 0) is 11.3 Å². The molecule has 0 saturated heterocycles. The van der Waals surface area contributed by atoms with Gasteiger partial charge in [0.2, 0.25) is 5.91 Å². The molecule has 116 valence electrons. The lowest BCUT2D eigenvalue weighted by molar-refractivity contribution is -0.121. The summed E-state index contributed by atoms with van der Waals surface area (Å²) in [7, 11) is 3.87. The van der Waals surface area contributed by atoms with E-state index in [1.54, 1.807) is 0 Å². The average molecular weight is 290 g/mol. The monoisotopic (exact) mass is 290 g/mol. The molecule has 2 N–H and O–H groups in total. The minimum Gasteiger partial charge on any atom is -0.356 e.